The third-order valence-electron chi connectivity index (χ3n) is 4.41. The largest absolute Gasteiger partial charge is 0.396 e. The summed E-state index contributed by atoms with van der Waals surface area (Å²) in [6.07, 6.45) is 1.82. The SMILES string of the molecule is Cc1ccc(Nc2c(F)c(=O)n(C)c3ccn(CCCO)c(=O)c23)c(F)c1. The van der Waals surface area contributed by atoms with E-state index in [9.17, 15) is 18.4 Å². The maximum absolute atomic E-state index is 14.7. The molecule has 0 aliphatic rings. The monoisotopic (exact) mass is 375 g/mol. The Morgan fingerprint density at radius 1 is 1.15 bits per heavy atom. The van der Waals surface area contributed by atoms with Gasteiger partial charge in [-0.15, -0.1) is 0 Å². The van der Waals surface area contributed by atoms with Crippen LogP contribution in [0.3, 0.4) is 0 Å². The van der Waals surface area contributed by atoms with Crippen LogP contribution >= 0.6 is 0 Å². The predicted molar refractivity (Wildman–Crippen MR) is 99.5 cm³/mol. The standard InChI is InChI=1S/C19H19F2N3O3/c1-11-4-5-13(12(20)10-11)22-17-15-14(23(2)19(27)16(17)21)6-8-24(18(15)26)7-3-9-25/h4-6,8,10,22,25H,3,7,9H2,1-2H3. The van der Waals surface area contributed by atoms with Crippen molar-refractivity contribution in [2.45, 2.75) is 19.9 Å². The average Bonchev–Trinajstić information content (AvgIpc) is 2.64. The number of rotatable bonds is 5. The van der Waals surface area contributed by atoms with Gasteiger partial charge in [-0.3, -0.25) is 9.59 Å². The summed E-state index contributed by atoms with van der Waals surface area (Å²) in [6, 6.07) is 5.83. The summed E-state index contributed by atoms with van der Waals surface area (Å²) in [5, 5.41) is 11.5. The molecule has 0 amide bonds. The minimum atomic E-state index is -1.16. The van der Waals surface area contributed by atoms with Gasteiger partial charge in [0.15, 0.2) is 0 Å². The van der Waals surface area contributed by atoms with Crippen molar-refractivity contribution in [3.8, 4) is 0 Å². The Balaban J connectivity index is 2.29. The van der Waals surface area contributed by atoms with E-state index < -0.39 is 22.8 Å². The molecule has 0 aliphatic heterocycles. The molecule has 3 aromatic rings. The van der Waals surface area contributed by atoms with E-state index in [2.05, 4.69) is 5.32 Å². The molecule has 0 radical (unpaired) electrons. The quantitative estimate of drug-likeness (QED) is 0.718. The predicted octanol–water partition coefficient (Wildman–Crippen LogP) is 2.41. The molecule has 2 N–H and O–H groups in total. The topological polar surface area (TPSA) is 76.3 Å². The average molecular weight is 375 g/mol. The van der Waals surface area contributed by atoms with Gasteiger partial charge in [0.2, 0.25) is 5.82 Å². The molecule has 0 spiro atoms. The summed E-state index contributed by atoms with van der Waals surface area (Å²) >= 11 is 0. The first kappa shape index (κ1) is 18.8. The zero-order valence-electron chi connectivity index (χ0n) is 14.9. The molecule has 0 aliphatic carbocycles. The Hall–Kier alpha value is -3.00. The van der Waals surface area contributed by atoms with Crippen LogP contribution in [-0.2, 0) is 13.6 Å². The third-order valence-corrected chi connectivity index (χ3v) is 4.41. The van der Waals surface area contributed by atoms with E-state index in [0.717, 1.165) is 4.57 Å². The number of nitrogens with one attached hydrogen (secondary N) is 1. The number of hydrogen-bond acceptors (Lipinski definition) is 4. The fourth-order valence-electron chi connectivity index (χ4n) is 2.94. The Labute approximate surface area is 153 Å². The molecule has 0 saturated carbocycles. The van der Waals surface area contributed by atoms with Gasteiger partial charge in [-0.2, -0.15) is 4.39 Å². The smallest absolute Gasteiger partial charge is 0.289 e. The normalized spacial score (nSPS) is 11.1. The van der Waals surface area contributed by atoms with Gasteiger partial charge >= 0.3 is 0 Å². The fourth-order valence-corrected chi connectivity index (χ4v) is 2.94. The first-order valence-electron chi connectivity index (χ1n) is 8.40. The molecule has 0 fully saturated rings. The lowest BCUT2D eigenvalue weighted by Crippen LogP contribution is -2.28. The van der Waals surface area contributed by atoms with Gasteiger partial charge in [-0.25, -0.2) is 4.39 Å². The number of aromatic nitrogens is 2. The van der Waals surface area contributed by atoms with Gasteiger partial charge in [0.25, 0.3) is 11.1 Å². The molecular weight excluding hydrogens is 356 g/mol. The van der Waals surface area contributed by atoms with Crippen LogP contribution < -0.4 is 16.4 Å². The van der Waals surface area contributed by atoms with Crippen molar-refractivity contribution in [3.63, 3.8) is 0 Å². The van der Waals surface area contributed by atoms with Gasteiger partial charge < -0.3 is 19.6 Å². The third kappa shape index (κ3) is 3.35. The van der Waals surface area contributed by atoms with Crippen LogP contribution in [-0.4, -0.2) is 20.8 Å². The van der Waals surface area contributed by atoms with Crippen molar-refractivity contribution in [3.05, 3.63) is 68.4 Å². The molecule has 8 heteroatoms. The summed E-state index contributed by atoms with van der Waals surface area (Å²) in [6.45, 7) is 1.83. The first-order valence-corrected chi connectivity index (χ1v) is 8.40. The van der Waals surface area contributed by atoms with Crippen molar-refractivity contribution in [1.29, 1.82) is 0 Å². The summed E-state index contributed by atoms with van der Waals surface area (Å²) in [7, 11) is 1.36. The molecule has 6 nitrogen and oxygen atoms in total. The van der Waals surface area contributed by atoms with E-state index in [1.54, 1.807) is 13.0 Å². The second-order valence-electron chi connectivity index (χ2n) is 6.31. The van der Waals surface area contributed by atoms with Gasteiger partial charge in [0, 0.05) is 26.4 Å². The summed E-state index contributed by atoms with van der Waals surface area (Å²) in [4.78, 5) is 25.1. The minimum Gasteiger partial charge on any atom is -0.396 e. The molecular formula is C19H19F2N3O3. The summed E-state index contributed by atoms with van der Waals surface area (Å²) in [5.41, 5.74) is -0.964. The van der Waals surface area contributed by atoms with Crippen molar-refractivity contribution in [1.82, 2.24) is 9.13 Å². The van der Waals surface area contributed by atoms with E-state index in [1.165, 1.54) is 36.0 Å². The summed E-state index contributed by atoms with van der Waals surface area (Å²) in [5.74, 6) is -1.79. The van der Waals surface area contributed by atoms with E-state index in [4.69, 9.17) is 5.11 Å². The Kier molecular flexibility index (Phi) is 5.09. The number of fused-ring (bicyclic) bond motifs is 1. The number of aliphatic hydroxyl groups excluding tert-OH is 1. The van der Waals surface area contributed by atoms with Crippen LogP contribution in [0.25, 0.3) is 10.9 Å². The molecule has 2 heterocycles. The van der Waals surface area contributed by atoms with Gasteiger partial charge in [-0.1, -0.05) is 6.07 Å². The number of anilines is 2. The van der Waals surface area contributed by atoms with Crippen molar-refractivity contribution < 1.29 is 13.9 Å². The number of nitrogens with zero attached hydrogens (tertiary/aromatic N) is 2. The fraction of sp³-hybridized carbons (Fsp3) is 0.263. The lowest BCUT2D eigenvalue weighted by atomic mass is 10.1. The van der Waals surface area contributed by atoms with Gasteiger partial charge in [0.1, 0.15) is 5.82 Å². The molecule has 142 valence electrons. The number of hydrogen-bond donors (Lipinski definition) is 2. The Bertz CT molecular complexity index is 1140. The molecule has 0 atom stereocenters. The van der Waals surface area contributed by atoms with E-state index >= 15 is 0 Å². The number of aryl methyl sites for hydroxylation is 3. The van der Waals surface area contributed by atoms with Crippen LogP contribution in [0.4, 0.5) is 20.2 Å². The summed E-state index contributed by atoms with van der Waals surface area (Å²) < 4.78 is 31.3. The maximum Gasteiger partial charge on any atom is 0.289 e. The molecule has 2 aromatic heterocycles. The van der Waals surface area contributed by atoms with Crippen molar-refractivity contribution in [2.24, 2.45) is 7.05 Å². The molecule has 0 bridgehead atoms. The first-order chi connectivity index (χ1) is 12.8. The Morgan fingerprint density at radius 2 is 1.89 bits per heavy atom. The highest BCUT2D eigenvalue weighted by Crippen LogP contribution is 2.27. The van der Waals surface area contributed by atoms with Gasteiger partial charge in [-0.05, 0) is 37.1 Å². The molecule has 0 unspecified atom stereocenters. The van der Waals surface area contributed by atoms with Crippen LogP contribution in [0.1, 0.15) is 12.0 Å². The van der Waals surface area contributed by atoms with Crippen LogP contribution in [0.5, 0.6) is 0 Å². The van der Waals surface area contributed by atoms with E-state index in [-0.39, 0.29) is 35.4 Å². The van der Waals surface area contributed by atoms with E-state index in [1.807, 2.05) is 0 Å². The highest BCUT2D eigenvalue weighted by Gasteiger charge is 2.20. The number of aliphatic hydroxyl groups is 1. The molecule has 3 rings (SSSR count). The molecule has 27 heavy (non-hydrogen) atoms. The maximum atomic E-state index is 14.7. The minimum absolute atomic E-state index is 0.0424. The lowest BCUT2D eigenvalue weighted by Gasteiger charge is -2.15. The lowest BCUT2D eigenvalue weighted by molar-refractivity contribution is 0.279. The zero-order chi connectivity index (χ0) is 19.7. The second kappa shape index (κ2) is 7.32. The second-order valence-corrected chi connectivity index (χ2v) is 6.31. The highest BCUT2D eigenvalue weighted by molar-refractivity contribution is 5.92. The van der Waals surface area contributed by atoms with E-state index in [0.29, 0.717) is 12.0 Å². The van der Waals surface area contributed by atoms with Crippen LogP contribution in [0.15, 0.2) is 40.1 Å². The number of benzene rings is 1. The molecule has 0 saturated heterocycles. The Morgan fingerprint density at radius 3 is 2.56 bits per heavy atom. The zero-order valence-corrected chi connectivity index (χ0v) is 14.9. The van der Waals surface area contributed by atoms with Gasteiger partial charge in [0.05, 0.1) is 22.3 Å². The molecule has 1 aromatic carbocycles. The number of pyridine rings is 2. The van der Waals surface area contributed by atoms with Crippen LogP contribution in [0.2, 0.25) is 0 Å². The van der Waals surface area contributed by atoms with Crippen molar-refractivity contribution in [2.75, 3.05) is 11.9 Å². The number of halogens is 2. The van der Waals surface area contributed by atoms with Crippen molar-refractivity contribution >= 4 is 22.3 Å². The van der Waals surface area contributed by atoms with Crippen LogP contribution in [0, 0.1) is 18.6 Å². The highest BCUT2D eigenvalue weighted by atomic mass is 19.1.